The summed E-state index contributed by atoms with van der Waals surface area (Å²) in [6, 6.07) is 42.3. The van der Waals surface area contributed by atoms with Crippen LogP contribution >= 0.6 is 11.3 Å². The average molecular weight is 544 g/mol. The molecule has 4 heterocycles. The first-order valence-electron chi connectivity index (χ1n) is 13.6. The van der Waals surface area contributed by atoms with E-state index in [0.717, 1.165) is 65.4 Å². The lowest BCUT2D eigenvalue weighted by Gasteiger charge is -2.18. The van der Waals surface area contributed by atoms with Crippen LogP contribution in [0.2, 0.25) is 0 Å². The molecular formula is C35H21N5S. The van der Waals surface area contributed by atoms with Crippen molar-refractivity contribution in [1.29, 1.82) is 0 Å². The molecule has 0 amide bonds. The normalized spacial score (nSPS) is 11.9. The van der Waals surface area contributed by atoms with Gasteiger partial charge in [-0.05, 0) is 48.5 Å². The number of para-hydroxylation sites is 5. The Bertz CT molecular complexity index is 2360. The highest BCUT2D eigenvalue weighted by atomic mass is 32.1. The minimum Gasteiger partial charge on any atom is -0.307 e. The zero-order chi connectivity index (χ0) is 26.9. The molecule has 0 saturated heterocycles. The lowest BCUT2D eigenvalue weighted by Crippen LogP contribution is -2.06. The van der Waals surface area contributed by atoms with Crippen molar-refractivity contribution >= 4 is 65.3 Å². The van der Waals surface area contributed by atoms with Crippen molar-refractivity contribution in [3.05, 3.63) is 128 Å². The van der Waals surface area contributed by atoms with Crippen LogP contribution in [0.5, 0.6) is 0 Å². The molecular weight excluding hydrogens is 522 g/mol. The quantitative estimate of drug-likeness (QED) is 0.223. The zero-order valence-electron chi connectivity index (χ0n) is 21.8. The lowest BCUT2D eigenvalue weighted by atomic mass is 10.1. The Hall–Kier alpha value is -5.33. The maximum Gasteiger partial charge on any atom is 0.175 e. The van der Waals surface area contributed by atoms with E-state index in [4.69, 9.17) is 15.0 Å². The first-order chi connectivity index (χ1) is 20.3. The van der Waals surface area contributed by atoms with E-state index >= 15 is 0 Å². The number of nitrogens with zero attached hydrogens (tertiary/aromatic N) is 5. The molecule has 0 aliphatic rings. The molecule has 5 nitrogen and oxygen atoms in total. The molecule has 0 aliphatic carbocycles. The highest BCUT2D eigenvalue weighted by Crippen LogP contribution is 2.40. The van der Waals surface area contributed by atoms with Crippen molar-refractivity contribution in [1.82, 2.24) is 24.1 Å². The number of thiazole rings is 1. The summed E-state index contributed by atoms with van der Waals surface area (Å²) in [4.78, 5) is 15.2. The second-order valence-corrected chi connectivity index (χ2v) is 11.2. The van der Waals surface area contributed by atoms with Crippen LogP contribution in [-0.2, 0) is 0 Å². The van der Waals surface area contributed by atoms with Crippen LogP contribution in [-0.4, -0.2) is 24.1 Å². The van der Waals surface area contributed by atoms with Gasteiger partial charge in [0.05, 0.1) is 49.2 Å². The maximum atomic E-state index is 5.18. The molecule has 0 bridgehead atoms. The molecule has 0 spiro atoms. The van der Waals surface area contributed by atoms with Gasteiger partial charge in [-0.15, -0.1) is 11.3 Å². The van der Waals surface area contributed by atoms with Crippen LogP contribution < -0.4 is 0 Å². The second kappa shape index (κ2) is 8.58. The van der Waals surface area contributed by atoms with Gasteiger partial charge in [-0.3, -0.25) is 9.55 Å². The molecule has 0 saturated carbocycles. The van der Waals surface area contributed by atoms with Crippen molar-refractivity contribution in [2.24, 2.45) is 0 Å². The molecule has 4 aromatic heterocycles. The van der Waals surface area contributed by atoms with Crippen molar-refractivity contribution in [3.8, 4) is 22.2 Å². The molecule has 0 fully saturated rings. The van der Waals surface area contributed by atoms with Crippen LogP contribution in [0.3, 0.4) is 0 Å². The Morgan fingerprint density at radius 3 is 2.00 bits per heavy atom. The minimum atomic E-state index is 0.813. The van der Waals surface area contributed by atoms with E-state index in [0.29, 0.717) is 0 Å². The average Bonchev–Trinajstić information content (AvgIpc) is 3.72. The molecule has 0 unspecified atom stereocenters. The number of hydrogen-bond donors (Lipinski definition) is 0. The van der Waals surface area contributed by atoms with E-state index < -0.39 is 0 Å². The highest BCUT2D eigenvalue weighted by molar-refractivity contribution is 7.21. The van der Waals surface area contributed by atoms with Crippen LogP contribution in [0, 0.1) is 0 Å². The molecule has 5 aromatic carbocycles. The topological polar surface area (TPSA) is 48.5 Å². The van der Waals surface area contributed by atoms with Gasteiger partial charge in [-0.2, -0.15) is 0 Å². The van der Waals surface area contributed by atoms with E-state index in [1.807, 2.05) is 24.4 Å². The standard InChI is InChI=1S/C35H21N5S/c1-5-15-27-23(11-1)24-12-2-6-16-28(24)39(27)30-20-19-22-10-9-21-36-32(22)33(30)40-29-17-7-3-13-25(29)37-34(40)35-38-26-14-4-8-18-31(26)41-35/h1-21H. The monoisotopic (exact) mass is 543 g/mol. The number of benzene rings is 5. The van der Waals surface area contributed by atoms with Gasteiger partial charge in [0.15, 0.2) is 10.8 Å². The molecule has 9 rings (SSSR count). The molecule has 0 radical (unpaired) electrons. The fourth-order valence-corrected chi connectivity index (χ4v) is 7.01. The Kier molecular flexibility index (Phi) is 4.71. The molecule has 0 N–H and O–H groups in total. The predicted octanol–water partition coefficient (Wildman–Crippen LogP) is 8.95. The molecule has 41 heavy (non-hydrogen) atoms. The summed E-state index contributed by atoms with van der Waals surface area (Å²) in [5.74, 6) is 0.813. The van der Waals surface area contributed by atoms with E-state index in [2.05, 4.69) is 112 Å². The Balaban J connectivity index is 1.47. The Morgan fingerprint density at radius 1 is 0.537 bits per heavy atom. The molecule has 0 atom stereocenters. The van der Waals surface area contributed by atoms with Gasteiger partial charge in [-0.25, -0.2) is 9.97 Å². The number of hydrogen-bond acceptors (Lipinski definition) is 4. The van der Waals surface area contributed by atoms with Crippen LogP contribution in [0.15, 0.2) is 128 Å². The summed E-state index contributed by atoms with van der Waals surface area (Å²) in [6.45, 7) is 0. The number of imidazole rings is 1. The minimum absolute atomic E-state index is 0.813. The van der Waals surface area contributed by atoms with Gasteiger partial charge in [0.2, 0.25) is 0 Å². The number of fused-ring (bicyclic) bond motifs is 6. The second-order valence-electron chi connectivity index (χ2n) is 10.1. The Labute approximate surface area is 238 Å². The summed E-state index contributed by atoms with van der Waals surface area (Å²) < 4.78 is 5.77. The van der Waals surface area contributed by atoms with Crippen molar-refractivity contribution < 1.29 is 0 Å². The summed E-state index contributed by atoms with van der Waals surface area (Å²) in [5.41, 5.74) is 8.15. The molecule has 9 aromatic rings. The summed E-state index contributed by atoms with van der Waals surface area (Å²) in [5, 5.41) is 4.39. The molecule has 0 aliphatic heterocycles. The third-order valence-electron chi connectivity index (χ3n) is 7.82. The van der Waals surface area contributed by atoms with Crippen molar-refractivity contribution in [2.45, 2.75) is 0 Å². The number of aromatic nitrogens is 5. The Morgan fingerprint density at radius 2 is 1.22 bits per heavy atom. The van der Waals surface area contributed by atoms with Crippen LogP contribution in [0.4, 0.5) is 0 Å². The van der Waals surface area contributed by atoms with E-state index in [-0.39, 0.29) is 0 Å². The molecule has 6 heteroatoms. The van der Waals surface area contributed by atoms with Gasteiger partial charge >= 0.3 is 0 Å². The van der Waals surface area contributed by atoms with Gasteiger partial charge in [0.1, 0.15) is 0 Å². The SMILES string of the molecule is c1cnc2c(-n3c(-c4nc5ccccc5s4)nc4ccccc43)c(-n3c4ccccc4c4ccccc43)ccc2c1. The van der Waals surface area contributed by atoms with Crippen LogP contribution in [0.25, 0.3) is 76.2 Å². The summed E-state index contributed by atoms with van der Waals surface area (Å²) >= 11 is 1.67. The van der Waals surface area contributed by atoms with E-state index in [9.17, 15) is 0 Å². The van der Waals surface area contributed by atoms with Gasteiger partial charge in [0.25, 0.3) is 0 Å². The first-order valence-corrected chi connectivity index (χ1v) is 14.4. The third-order valence-corrected chi connectivity index (χ3v) is 8.85. The summed E-state index contributed by atoms with van der Waals surface area (Å²) in [7, 11) is 0. The predicted molar refractivity (Wildman–Crippen MR) is 169 cm³/mol. The van der Waals surface area contributed by atoms with Crippen molar-refractivity contribution in [3.63, 3.8) is 0 Å². The fraction of sp³-hybridized carbons (Fsp3) is 0. The first kappa shape index (κ1) is 22.5. The van der Waals surface area contributed by atoms with Gasteiger partial charge < -0.3 is 4.57 Å². The van der Waals surface area contributed by atoms with Gasteiger partial charge in [-0.1, -0.05) is 72.8 Å². The molecule has 192 valence electrons. The van der Waals surface area contributed by atoms with Gasteiger partial charge in [0, 0.05) is 22.4 Å². The smallest absolute Gasteiger partial charge is 0.175 e. The highest BCUT2D eigenvalue weighted by Gasteiger charge is 2.24. The fourth-order valence-electron chi connectivity index (χ4n) is 6.07. The van der Waals surface area contributed by atoms with Crippen molar-refractivity contribution in [2.75, 3.05) is 0 Å². The summed E-state index contributed by atoms with van der Waals surface area (Å²) in [6.07, 6.45) is 1.87. The van der Waals surface area contributed by atoms with Crippen LogP contribution in [0.1, 0.15) is 0 Å². The number of pyridine rings is 1. The maximum absolute atomic E-state index is 5.18. The zero-order valence-corrected chi connectivity index (χ0v) is 22.6. The lowest BCUT2D eigenvalue weighted by molar-refractivity contribution is 1.06. The third kappa shape index (κ3) is 3.25. The van der Waals surface area contributed by atoms with E-state index in [1.165, 1.54) is 10.8 Å². The number of rotatable bonds is 3. The largest absolute Gasteiger partial charge is 0.307 e. The van der Waals surface area contributed by atoms with E-state index in [1.54, 1.807) is 11.3 Å².